The highest BCUT2D eigenvalue weighted by atomic mass is 16.5. The number of aromatic nitrogens is 2. The van der Waals surface area contributed by atoms with Crippen molar-refractivity contribution in [3.05, 3.63) is 41.7 Å². The third-order valence-corrected chi connectivity index (χ3v) is 2.68. The van der Waals surface area contributed by atoms with Gasteiger partial charge in [-0.3, -0.25) is 0 Å². The van der Waals surface area contributed by atoms with Gasteiger partial charge >= 0.3 is 0 Å². The first-order valence-corrected chi connectivity index (χ1v) is 5.66. The fourth-order valence-corrected chi connectivity index (χ4v) is 1.72. The van der Waals surface area contributed by atoms with Crippen LogP contribution >= 0.6 is 0 Å². The van der Waals surface area contributed by atoms with Crippen LogP contribution in [0.5, 0.6) is 5.75 Å². The van der Waals surface area contributed by atoms with E-state index >= 15 is 0 Å². The maximum Gasteiger partial charge on any atom is 0.200 e. The van der Waals surface area contributed by atoms with E-state index in [4.69, 9.17) is 4.74 Å². The summed E-state index contributed by atoms with van der Waals surface area (Å²) in [6.45, 7) is 0. The Morgan fingerprint density at radius 3 is 2.94 bits per heavy atom. The van der Waals surface area contributed by atoms with E-state index in [1.807, 2.05) is 25.4 Å². The van der Waals surface area contributed by atoms with E-state index in [1.165, 1.54) is 5.56 Å². The molecule has 1 aromatic heterocycles. The summed E-state index contributed by atoms with van der Waals surface area (Å²) in [6, 6.07) is 8.15. The van der Waals surface area contributed by atoms with Gasteiger partial charge in [-0.15, -0.1) is 0 Å². The number of nitrogens with one attached hydrogen (secondary N) is 2. The van der Waals surface area contributed by atoms with Gasteiger partial charge in [0.1, 0.15) is 5.75 Å². The van der Waals surface area contributed by atoms with E-state index in [0.717, 1.165) is 30.2 Å². The summed E-state index contributed by atoms with van der Waals surface area (Å²) in [5.41, 5.74) is 2.40. The van der Waals surface area contributed by atoms with Crippen molar-refractivity contribution in [1.82, 2.24) is 9.97 Å². The van der Waals surface area contributed by atoms with Gasteiger partial charge in [-0.2, -0.15) is 0 Å². The lowest BCUT2D eigenvalue weighted by atomic mass is 10.1. The molecule has 0 unspecified atom stereocenters. The highest BCUT2D eigenvalue weighted by molar-refractivity contribution is 5.29. The zero-order valence-electron chi connectivity index (χ0n) is 10.2. The second-order valence-corrected chi connectivity index (χ2v) is 3.86. The summed E-state index contributed by atoms with van der Waals surface area (Å²) in [4.78, 5) is 7.40. The molecule has 0 aliphatic rings. The minimum absolute atomic E-state index is 0.811. The first kappa shape index (κ1) is 11.5. The lowest BCUT2D eigenvalue weighted by Crippen LogP contribution is -1.94. The van der Waals surface area contributed by atoms with Gasteiger partial charge in [0, 0.05) is 12.7 Å². The average Bonchev–Trinajstić information content (AvgIpc) is 2.84. The van der Waals surface area contributed by atoms with Crippen LogP contribution in [-0.2, 0) is 12.8 Å². The highest BCUT2D eigenvalue weighted by Gasteiger charge is 2.00. The normalized spacial score (nSPS) is 10.2. The van der Waals surface area contributed by atoms with E-state index in [2.05, 4.69) is 27.4 Å². The molecule has 0 fully saturated rings. The SMILES string of the molecule is CNc1ncc(CCc2cccc(OC)c2)[nH]1. The van der Waals surface area contributed by atoms with Gasteiger partial charge in [0.15, 0.2) is 5.95 Å². The molecule has 90 valence electrons. The van der Waals surface area contributed by atoms with E-state index in [-0.39, 0.29) is 0 Å². The summed E-state index contributed by atoms with van der Waals surface area (Å²) in [6.07, 6.45) is 3.79. The van der Waals surface area contributed by atoms with Crippen molar-refractivity contribution < 1.29 is 4.74 Å². The molecule has 0 saturated carbocycles. The number of ether oxygens (including phenoxy) is 1. The number of rotatable bonds is 5. The Kier molecular flexibility index (Phi) is 3.65. The molecule has 4 heteroatoms. The number of imidazole rings is 1. The molecule has 0 saturated heterocycles. The fourth-order valence-electron chi connectivity index (χ4n) is 1.72. The molecule has 0 radical (unpaired) electrons. The Bertz CT molecular complexity index is 479. The summed E-state index contributed by atoms with van der Waals surface area (Å²) in [5, 5.41) is 2.98. The molecule has 0 spiro atoms. The van der Waals surface area contributed by atoms with Crippen LogP contribution in [0.4, 0.5) is 5.95 Å². The quantitative estimate of drug-likeness (QED) is 0.829. The molecule has 4 nitrogen and oxygen atoms in total. The van der Waals surface area contributed by atoms with E-state index in [0.29, 0.717) is 0 Å². The van der Waals surface area contributed by atoms with E-state index in [9.17, 15) is 0 Å². The number of anilines is 1. The second kappa shape index (κ2) is 5.39. The summed E-state index contributed by atoms with van der Waals surface area (Å²) in [5.74, 6) is 1.72. The maximum absolute atomic E-state index is 5.20. The third kappa shape index (κ3) is 3.00. The molecule has 17 heavy (non-hydrogen) atoms. The Morgan fingerprint density at radius 1 is 1.35 bits per heavy atom. The summed E-state index contributed by atoms with van der Waals surface area (Å²) in [7, 11) is 3.54. The van der Waals surface area contributed by atoms with Gasteiger partial charge in [0.2, 0.25) is 0 Å². The summed E-state index contributed by atoms with van der Waals surface area (Å²) >= 11 is 0. The number of hydrogen-bond acceptors (Lipinski definition) is 3. The number of hydrogen-bond donors (Lipinski definition) is 2. The number of benzene rings is 1. The molecular weight excluding hydrogens is 214 g/mol. The molecule has 2 N–H and O–H groups in total. The lowest BCUT2D eigenvalue weighted by Gasteiger charge is -2.03. The Labute approximate surface area is 101 Å². The molecule has 0 bridgehead atoms. The molecule has 1 heterocycles. The second-order valence-electron chi connectivity index (χ2n) is 3.86. The van der Waals surface area contributed by atoms with Crippen LogP contribution in [0, 0.1) is 0 Å². The number of methoxy groups -OCH3 is 1. The first-order chi connectivity index (χ1) is 8.31. The largest absolute Gasteiger partial charge is 0.497 e. The molecule has 2 aromatic rings. The van der Waals surface area contributed by atoms with Gasteiger partial charge in [-0.05, 0) is 30.5 Å². The predicted molar refractivity (Wildman–Crippen MR) is 68.5 cm³/mol. The minimum atomic E-state index is 0.811. The standard InChI is InChI=1S/C13H17N3O/c1-14-13-15-9-11(16-13)7-6-10-4-3-5-12(8-10)17-2/h3-5,8-9H,6-7H2,1-2H3,(H2,14,15,16). The van der Waals surface area contributed by atoms with Crippen LogP contribution in [0.3, 0.4) is 0 Å². The van der Waals surface area contributed by atoms with Crippen LogP contribution in [0.25, 0.3) is 0 Å². The fraction of sp³-hybridized carbons (Fsp3) is 0.308. The predicted octanol–water partition coefficient (Wildman–Crippen LogP) is 2.25. The van der Waals surface area contributed by atoms with Gasteiger partial charge < -0.3 is 15.0 Å². The number of aryl methyl sites for hydroxylation is 2. The molecule has 0 aliphatic heterocycles. The van der Waals surface area contributed by atoms with Gasteiger partial charge in [0.05, 0.1) is 13.3 Å². The van der Waals surface area contributed by atoms with E-state index in [1.54, 1.807) is 7.11 Å². The molecule has 1 aromatic carbocycles. The molecule has 0 amide bonds. The van der Waals surface area contributed by atoms with Crippen LogP contribution in [-0.4, -0.2) is 24.1 Å². The third-order valence-electron chi connectivity index (χ3n) is 2.68. The molecule has 2 rings (SSSR count). The monoisotopic (exact) mass is 231 g/mol. The van der Waals surface area contributed by atoms with Crippen LogP contribution in [0.2, 0.25) is 0 Å². The maximum atomic E-state index is 5.20. The van der Waals surface area contributed by atoms with Gasteiger partial charge in [0.25, 0.3) is 0 Å². The molecule has 0 atom stereocenters. The summed E-state index contributed by atoms with van der Waals surface area (Å²) < 4.78 is 5.20. The van der Waals surface area contributed by atoms with Crippen molar-refractivity contribution in [2.45, 2.75) is 12.8 Å². The van der Waals surface area contributed by atoms with Crippen molar-refractivity contribution in [3.8, 4) is 5.75 Å². The zero-order chi connectivity index (χ0) is 12.1. The van der Waals surface area contributed by atoms with Crippen molar-refractivity contribution in [1.29, 1.82) is 0 Å². The first-order valence-electron chi connectivity index (χ1n) is 5.66. The Morgan fingerprint density at radius 2 is 2.24 bits per heavy atom. The average molecular weight is 231 g/mol. The Balaban J connectivity index is 1.96. The van der Waals surface area contributed by atoms with Crippen LogP contribution in [0.1, 0.15) is 11.3 Å². The van der Waals surface area contributed by atoms with Crippen molar-refractivity contribution >= 4 is 5.95 Å². The minimum Gasteiger partial charge on any atom is -0.497 e. The van der Waals surface area contributed by atoms with Crippen LogP contribution in [0.15, 0.2) is 30.5 Å². The number of H-pyrrole nitrogens is 1. The number of nitrogens with zero attached hydrogens (tertiary/aromatic N) is 1. The van der Waals surface area contributed by atoms with Gasteiger partial charge in [-0.25, -0.2) is 4.98 Å². The van der Waals surface area contributed by atoms with Crippen LogP contribution < -0.4 is 10.1 Å². The number of aromatic amines is 1. The zero-order valence-corrected chi connectivity index (χ0v) is 10.2. The topological polar surface area (TPSA) is 49.9 Å². The van der Waals surface area contributed by atoms with Crippen molar-refractivity contribution in [2.75, 3.05) is 19.5 Å². The van der Waals surface area contributed by atoms with Crippen molar-refractivity contribution in [2.24, 2.45) is 0 Å². The molecular formula is C13H17N3O. The van der Waals surface area contributed by atoms with Gasteiger partial charge in [-0.1, -0.05) is 12.1 Å². The molecule has 0 aliphatic carbocycles. The smallest absolute Gasteiger partial charge is 0.200 e. The lowest BCUT2D eigenvalue weighted by molar-refractivity contribution is 0.414. The van der Waals surface area contributed by atoms with E-state index < -0.39 is 0 Å². The van der Waals surface area contributed by atoms with Crippen molar-refractivity contribution in [3.63, 3.8) is 0 Å². The highest BCUT2D eigenvalue weighted by Crippen LogP contribution is 2.14. The Hall–Kier alpha value is -1.97.